The summed E-state index contributed by atoms with van der Waals surface area (Å²) in [6.07, 6.45) is 0. The van der Waals surface area contributed by atoms with Gasteiger partial charge in [-0.05, 0) is 60.3 Å². The van der Waals surface area contributed by atoms with E-state index in [1.165, 1.54) is 38.5 Å². The highest BCUT2D eigenvalue weighted by atomic mass is 16.6. The number of non-ortho nitro benzene ring substituents is 1. The summed E-state index contributed by atoms with van der Waals surface area (Å²) in [6.45, 7) is 1.71. The minimum absolute atomic E-state index is 0.0692. The summed E-state index contributed by atoms with van der Waals surface area (Å²) in [5.74, 6) is -0.711. The highest BCUT2D eigenvalue weighted by Gasteiger charge is 2.21. The van der Waals surface area contributed by atoms with Crippen LogP contribution in [0.3, 0.4) is 0 Å². The van der Waals surface area contributed by atoms with Crippen molar-refractivity contribution in [3.63, 3.8) is 0 Å². The van der Waals surface area contributed by atoms with E-state index < -0.39 is 22.5 Å². The number of phenolic OH excluding ortho intramolecular Hbond substituents is 1. The third-order valence-corrected chi connectivity index (χ3v) is 6.96. The number of phenols is 1. The summed E-state index contributed by atoms with van der Waals surface area (Å²) in [7, 11) is 2.96. The van der Waals surface area contributed by atoms with Crippen molar-refractivity contribution in [2.24, 2.45) is 10.2 Å². The van der Waals surface area contributed by atoms with Crippen molar-refractivity contribution in [3.8, 4) is 17.2 Å². The lowest BCUT2D eigenvalue weighted by atomic mass is 10.00. The van der Waals surface area contributed by atoms with Gasteiger partial charge < -0.3 is 25.2 Å². The SMILES string of the molecule is COc1ccccc1NC(=O)c1ccc2c(N=Nc3cc([N+](=O)[O-])ccc3C)c(O)c(C(=O)Nc3ccccc3OC)cc2c1. The number of anilines is 2. The lowest BCUT2D eigenvalue weighted by molar-refractivity contribution is -0.384. The van der Waals surface area contributed by atoms with Crippen molar-refractivity contribution in [3.05, 3.63) is 118 Å². The molecule has 45 heavy (non-hydrogen) atoms. The number of aryl methyl sites for hydroxylation is 1. The summed E-state index contributed by atoms with van der Waals surface area (Å²) < 4.78 is 10.7. The molecule has 0 fully saturated rings. The normalized spacial score (nSPS) is 10.9. The molecule has 226 valence electrons. The van der Waals surface area contributed by atoms with E-state index in [4.69, 9.17) is 9.47 Å². The molecule has 0 aromatic heterocycles. The second-order valence-electron chi connectivity index (χ2n) is 9.79. The molecule has 0 saturated carbocycles. The maximum Gasteiger partial charge on any atom is 0.271 e. The first-order valence-corrected chi connectivity index (χ1v) is 13.6. The number of nitrogens with zero attached hydrogens (tertiary/aromatic N) is 3. The van der Waals surface area contributed by atoms with Crippen LogP contribution in [0.4, 0.5) is 28.4 Å². The maximum atomic E-state index is 13.5. The molecule has 2 amide bonds. The van der Waals surface area contributed by atoms with E-state index in [-0.39, 0.29) is 28.2 Å². The quantitative estimate of drug-likeness (QED) is 0.0879. The van der Waals surface area contributed by atoms with E-state index in [0.717, 1.165) is 0 Å². The van der Waals surface area contributed by atoms with Crippen LogP contribution < -0.4 is 20.1 Å². The number of amides is 2. The Bertz CT molecular complexity index is 1990. The van der Waals surface area contributed by atoms with Gasteiger partial charge in [-0.1, -0.05) is 36.4 Å². The Balaban J connectivity index is 1.61. The fourth-order valence-electron chi connectivity index (χ4n) is 4.60. The molecule has 12 nitrogen and oxygen atoms in total. The zero-order valence-corrected chi connectivity index (χ0v) is 24.4. The number of nitro groups is 1. The van der Waals surface area contributed by atoms with E-state index in [1.54, 1.807) is 73.7 Å². The predicted molar refractivity (Wildman–Crippen MR) is 170 cm³/mol. The van der Waals surface area contributed by atoms with Gasteiger partial charge >= 0.3 is 0 Å². The van der Waals surface area contributed by atoms with Crippen LogP contribution in [0.1, 0.15) is 26.3 Å². The third kappa shape index (κ3) is 6.39. The van der Waals surface area contributed by atoms with E-state index in [9.17, 15) is 24.8 Å². The van der Waals surface area contributed by atoms with Gasteiger partial charge in [-0.2, -0.15) is 0 Å². The number of hydrogen-bond donors (Lipinski definition) is 3. The number of carbonyl (C=O) groups excluding carboxylic acids is 2. The Hall–Kier alpha value is -6.30. The van der Waals surface area contributed by atoms with Crippen molar-refractivity contribution in [2.45, 2.75) is 6.92 Å². The first-order chi connectivity index (χ1) is 21.7. The zero-order valence-electron chi connectivity index (χ0n) is 24.4. The molecule has 5 aromatic carbocycles. The van der Waals surface area contributed by atoms with Crippen LogP contribution in [0.15, 0.2) is 101 Å². The summed E-state index contributed by atoms with van der Waals surface area (Å²) in [4.78, 5) is 37.5. The molecule has 5 rings (SSSR count). The number of methoxy groups -OCH3 is 2. The molecule has 0 aliphatic carbocycles. The molecule has 0 atom stereocenters. The van der Waals surface area contributed by atoms with Crippen LogP contribution in [-0.2, 0) is 0 Å². The molecular weight excluding hydrogens is 578 g/mol. The van der Waals surface area contributed by atoms with Crippen molar-refractivity contribution >= 4 is 51.0 Å². The van der Waals surface area contributed by atoms with Crippen molar-refractivity contribution < 1.29 is 29.1 Å². The molecular formula is C33H27N5O7. The number of benzene rings is 5. The van der Waals surface area contributed by atoms with Crippen molar-refractivity contribution in [1.82, 2.24) is 0 Å². The Morgan fingerprint density at radius 2 is 1.42 bits per heavy atom. The van der Waals surface area contributed by atoms with Gasteiger partial charge in [0.1, 0.15) is 17.2 Å². The number of para-hydroxylation sites is 4. The van der Waals surface area contributed by atoms with Gasteiger partial charge in [-0.25, -0.2) is 0 Å². The van der Waals surface area contributed by atoms with E-state index in [2.05, 4.69) is 20.9 Å². The number of hydrogen-bond acceptors (Lipinski definition) is 9. The van der Waals surface area contributed by atoms with Crippen molar-refractivity contribution in [1.29, 1.82) is 0 Å². The Morgan fingerprint density at radius 3 is 2.04 bits per heavy atom. The summed E-state index contributed by atoms with van der Waals surface area (Å²) in [5.41, 5.74) is 1.49. The van der Waals surface area contributed by atoms with Gasteiger partial charge in [-0.15, -0.1) is 10.2 Å². The summed E-state index contributed by atoms with van der Waals surface area (Å²) in [5, 5.41) is 37.4. The van der Waals surface area contributed by atoms with Crippen LogP contribution in [0.5, 0.6) is 17.2 Å². The van der Waals surface area contributed by atoms with Crippen LogP contribution in [0.2, 0.25) is 0 Å². The van der Waals surface area contributed by atoms with Crippen LogP contribution in [0.25, 0.3) is 10.8 Å². The summed E-state index contributed by atoms with van der Waals surface area (Å²) in [6, 6.07) is 24.0. The second kappa shape index (κ2) is 12.9. The second-order valence-corrected chi connectivity index (χ2v) is 9.79. The molecule has 3 N–H and O–H groups in total. The average Bonchev–Trinajstić information content (AvgIpc) is 3.04. The van der Waals surface area contributed by atoms with Gasteiger partial charge in [0.2, 0.25) is 0 Å². The van der Waals surface area contributed by atoms with Gasteiger partial charge in [0.05, 0.1) is 41.8 Å². The third-order valence-electron chi connectivity index (χ3n) is 6.96. The number of aromatic hydroxyl groups is 1. The number of nitrogens with one attached hydrogen (secondary N) is 2. The fourth-order valence-corrected chi connectivity index (χ4v) is 4.60. The first-order valence-electron chi connectivity index (χ1n) is 13.6. The first kappa shape index (κ1) is 30.2. The largest absolute Gasteiger partial charge is 0.505 e. The topological polar surface area (TPSA) is 165 Å². The monoisotopic (exact) mass is 605 g/mol. The molecule has 0 aliphatic heterocycles. The van der Waals surface area contributed by atoms with Gasteiger partial charge in [0.25, 0.3) is 17.5 Å². The van der Waals surface area contributed by atoms with Crippen LogP contribution in [-0.4, -0.2) is 36.1 Å². The lowest BCUT2D eigenvalue weighted by Crippen LogP contribution is -2.14. The molecule has 0 bridgehead atoms. The number of carbonyl (C=O) groups is 2. The Morgan fingerprint density at radius 1 is 0.800 bits per heavy atom. The van der Waals surface area contributed by atoms with E-state index >= 15 is 0 Å². The molecule has 0 saturated heterocycles. The average molecular weight is 606 g/mol. The van der Waals surface area contributed by atoms with Gasteiger partial charge in [-0.3, -0.25) is 19.7 Å². The van der Waals surface area contributed by atoms with Crippen LogP contribution in [0, 0.1) is 17.0 Å². The lowest BCUT2D eigenvalue weighted by Gasteiger charge is -2.14. The van der Waals surface area contributed by atoms with Gasteiger partial charge in [0.15, 0.2) is 5.75 Å². The molecule has 5 aromatic rings. The highest BCUT2D eigenvalue weighted by Crippen LogP contribution is 2.41. The van der Waals surface area contributed by atoms with Crippen molar-refractivity contribution in [2.75, 3.05) is 24.9 Å². The molecule has 0 spiro atoms. The number of fused-ring (bicyclic) bond motifs is 1. The predicted octanol–water partition coefficient (Wildman–Crippen LogP) is 7.70. The minimum Gasteiger partial charge on any atom is -0.505 e. The van der Waals surface area contributed by atoms with Gasteiger partial charge in [0, 0.05) is 23.1 Å². The molecule has 12 heteroatoms. The molecule has 0 radical (unpaired) electrons. The standard InChI is InChI=1S/C33H27N5O7/c1-19-12-14-22(38(42)43)18-27(19)36-37-30-23-15-13-20(32(40)34-25-8-4-6-10-28(25)44-2)16-21(23)17-24(31(30)39)33(41)35-26-9-5-7-11-29(26)45-3/h4-18,39H,1-3H3,(H,34,40)(H,35,41). The smallest absolute Gasteiger partial charge is 0.271 e. The number of nitro benzene ring substituents is 1. The maximum absolute atomic E-state index is 13.5. The van der Waals surface area contributed by atoms with Crippen LogP contribution >= 0.6 is 0 Å². The zero-order chi connectivity index (χ0) is 32.1. The Labute approximate surface area is 257 Å². The number of rotatable bonds is 9. The molecule has 0 unspecified atom stereocenters. The highest BCUT2D eigenvalue weighted by molar-refractivity contribution is 6.14. The summed E-state index contributed by atoms with van der Waals surface area (Å²) >= 11 is 0. The molecule has 0 aliphatic rings. The fraction of sp³-hybridized carbons (Fsp3) is 0.0909. The van der Waals surface area contributed by atoms with E-state index in [0.29, 0.717) is 39.2 Å². The molecule has 0 heterocycles. The van der Waals surface area contributed by atoms with E-state index in [1.807, 2.05) is 0 Å². The number of ether oxygens (including phenoxy) is 2. The number of azo groups is 1. The minimum atomic E-state index is -0.675. The Kier molecular flexibility index (Phi) is 8.66.